The predicted molar refractivity (Wildman–Crippen MR) is 136 cm³/mol. The Kier molecular flexibility index (Phi) is 9.61. The Hall–Kier alpha value is -1.80. The minimum atomic E-state index is -0.475. The highest BCUT2D eigenvalue weighted by atomic mass is 35.5. The number of amides is 1. The molecule has 2 aliphatic heterocycles. The number of benzene rings is 1. The topological polar surface area (TPSA) is 74.0 Å². The van der Waals surface area contributed by atoms with Crippen LogP contribution in [0.2, 0.25) is 5.02 Å². The van der Waals surface area contributed by atoms with Crippen LogP contribution in [0.15, 0.2) is 46.6 Å². The molecule has 2 heterocycles. The molecule has 1 amide bonds. The SMILES string of the molecule is CC1C=CC2=C1C(N1CCN(C(=O)C(CN)Cc3ccc(Cl)c(F)c3)CC1C)=NCN2.Cl.Cl. The Morgan fingerprint density at radius 1 is 1.33 bits per heavy atom. The minimum Gasteiger partial charge on any atom is -0.366 e. The van der Waals surface area contributed by atoms with Gasteiger partial charge in [0, 0.05) is 49.4 Å². The molecule has 0 spiro atoms. The summed E-state index contributed by atoms with van der Waals surface area (Å²) in [7, 11) is 0. The summed E-state index contributed by atoms with van der Waals surface area (Å²) < 4.78 is 13.8. The maximum Gasteiger partial charge on any atom is 0.227 e. The monoisotopic (exact) mass is 517 g/mol. The third-order valence-corrected chi connectivity index (χ3v) is 6.65. The van der Waals surface area contributed by atoms with Crippen molar-refractivity contribution >= 4 is 48.2 Å². The summed E-state index contributed by atoms with van der Waals surface area (Å²) in [6.45, 7) is 7.05. The Balaban J connectivity index is 0.00000193. The van der Waals surface area contributed by atoms with E-state index in [9.17, 15) is 9.18 Å². The largest absolute Gasteiger partial charge is 0.366 e. The first-order valence-electron chi connectivity index (χ1n) is 10.8. The van der Waals surface area contributed by atoms with Gasteiger partial charge < -0.3 is 20.9 Å². The summed E-state index contributed by atoms with van der Waals surface area (Å²) in [4.78, 5) is 22.2. The van der Waals surface area contributed by atoms with Crippen LogP contribution in [0.3, 0.4) is 0 Å². The van der Waals surface area contributed by atoms with Gasteiger partial charge in [0.2, 0.25) is 5.91 Å². The van der Waals surface area contributed by atoms with E-state index in [0.29, 0.717) is 32.1 Å². The van der Waals surface area contributed by atoms with E-state index in [1.54, 1.807) is 6.07 Å². The van der Waals surface area contributed by atoms with Crippen LogP contribution in [-0.4, -0.2) is 60.4 Å². The Bertz CT molecular complexity index is 967. The minimum absolute atomic E-state index is 0. The zero-order valence-corrected chi connectivity index (χ0v) is 21.2. The number of carbonyl (C=O) groups excluding carboxylic acids is 1. The quantitative estimate of drug-likeness (QED) is 0.641. The van der Waals surface area contributed by atoms with Gasteiger partial charge in [-0.05, 0) is 37.1 Å². The summed E-state index contributed by atoms with van der Waals surface area (Å²) in [5, 5.41) is 3.42. The second-order valence-electron chi connectivity index (χ2n) is 8.50. The lowest BCUT2D eigenvalue weighted by molar-refractivity contribution is -0.137. The number of nitrogens with two attached hydrogens (primary N) is 1. The number of halogens is 4. The van der Waals surface area contributed by atoms with Gasteiger partial charge in [-0.3, -0.25) is 4.79 Å². The maximum atomic E-state index is 13.8. The number of amidine groups is 1. The summed E-state index contributed by atoms with van der Waals surface area (Å²) in [5.74, 6) is 0.528. The predicted octanol–water partition coefficient (Wildman–Crippen LogP) is 3.39. The van der Waals surface area contributed by atoms with E-state index in [-0.39, 0.29) is 54.2 Å². The Morgan fingerprint density at radius 3 is 2.76 bits per heavy atom. The van der Waals surface area contributed by atoms with Crippen LogP contribution in [0.25, 0.3) is 0 Å². The first-order chi connectivity index (χ1) is 14.9. The molecule has 3 atom stereocenters. The average molecular weight is 519 g/mol. The fourth-order valence-corrected chi connectivity index (χ4v) is 4.75. The summed E-state index contributed by atoms with van der Waals surface area (Å²) >= 11 is 5.77. The van der Waals surface area contributed by atoms with Crippen molar-refractivity contribution < 1.29 is 9.18 Å². The van der Waals surface area contributed by atoms with E-state index >= 15 is 0 Å². The van der Waals surface area contributed by atoms with Crippen molar-refractivity contribution in [2.75, 3.05) is 32.8 Å². The highest BCUT2D eigenvalue weighted by Gasteiger charge is 2.35. The van der Waals surface area contributed by atoms with Gasteiger partial charge in [0.15, 0.2) is 0 Å². The van der Waals surface area contributed by atoms with E-state index in [1.165, 1.54) is 17.7 Å². The lowest BCUT2D eigenvalue weighted by atomic mass is 9.96. The van der Waals surface area contributed by atoms with Crippen molar-refractivity contribution in [2.24, 2.45) is 22.6 Å². The number of hydrogen-bond acceptors (Lipinski definition) is 5. The van der Waals surface area contributed by atoms with Gasteiger partial charge in [0.25, 0.3) is 0 Å². The van der Waals surface area contributed by atoms with Crippen molar-refractivity contribution in [3.05, 3.63) is 58.0 Å². The van der Waals surface area contributed by atoms with Crippen LogP contribution in [0, 0.1) is 17.7 Å². The molecule has 1 aromatic carbocycles. The van der Waals surface area contributed by atoms with Gasteiger partial charge >= 0.3 is 0 Å². The molecule has 33 heavy (non-hydrogen) atoms. The number of nitrogens with one attached hydrogen (secondary N) is 1. The van der Waals surface area contributed by atoms with E-state index in [2.05, 4.69) is 36.2 Å². The van der Waals surface area contributed by atoms with Crippen LogP contribution in [0.1, 0.15) is 19.4 Å². The van der Waals surface area contributed by atoms with Crippen molar-refractivity contribution in [2.45, 2.75) is 26.3 Å². The molecule has 1 aromatic rings. The molecular weight excluding hydrogens is 488 g/mol. The molecule has 1 saturated heterocycles. The number of rotatable bonds is 4. The molecule has 4 rings (SSSR count). The first kappa shape index (κ1) is 27.4. The fourth-order valence-electron chi connectivity index (χ4n) is 4.63. The fraction of sp³-hybridized carbons (Fsp3) is 0.478. The first-order valence-corrected chi connectivity index (χ1v) is 11.2. The lowest BCUT2D eigenvalue weighted by Crippen LogP contribution is -2.58. The molecule has 6 nitrogen and oxygen atoms in total. The summed E-state index contributed by atoms with van der Waals surface area (Å²) in [6, 6.07) is 4.80. The highest BCUT2D eigenvalue weighted by molar-refractivity contribution is 6.30. The molecular formula is C23H31Cl3FN5O. The van der Waals surface area contributed by atoms with Crippen molar-refractivity contribution in [3.63, 3.8) is 0 Å². The molecule has 3 unspecified atom stereocenters. The molecule has 0 bridgehead atoms. The lowest BCUT2D eigenvalue weighted by Gasteiger charge is -2.43. The van der Waals surface area contributed by atoms with Crippen molar-refractivity contribution in [3.8, 4) is 0 Å². The number of allylic oxidation sites excluding steroid dienone is 2. The van der Waals surface area contributed by atoms with Gasteiger partial charge in [-0.15, -0.1) is 24.8 Å². The standard InChI is InChI=1S/C23H29ClFN5O.2ClH/c1-14-3-6-20-21(14)22(28-13-27-20)30-8-7-29(12-15(30)2)23(31)17(11-26)9-16-4-5-18(24)19(25)10-16;;/h3-6,10,14-15,17,27H,7-9,11-13,26H2,1-2H3;2*1H. The third-order valence-electron chi connectivity index (χ3n) is 6.35. The molecule has 10 heteroatoms. The van der Waals surface area contributed by atoms with Crippen LogP contribution < -0.4 is 11.1 Å². The molecule has 182 valence electrons. The molecule has 3 aliphatic rings. The third kappa shape index (κ3) is 5.65. The van der Waals surface area contributed by atoms with E-state index in [4.69, 9.17) is 22.3 Å². The van der Waals surface area contributed by atoms with E-state index in [0.717, 1.165) is 23.6 Å². The summed E-state index contributed by atoms with van der Waals surface area (Å²) in [6.07, 6.45) is 4.72. The van der Waals surface area contributed by atoms with Gasteiger partial charge in [-0.2, -0.15) is 0 Å². The second-order valence-corrected chi connectivity index (χ2v) is 8.91. The number of hydrogen-bond donors (Lipinski definition) is 2. The van der Waals surface area contributed by atoms with Crippen LogP contribution in [-0.2, 0) is 11.2 Å². The maximum absolute atomic E-state index is 13.8. The smallest absolute Gasteiger partial charge is 0.227 e. The normalized spacial score (nSPS) is 22.6. The zero-order chi connectivity index (χ0) is 22.1. The molecule has 0 saturated carbocycles. The Morgan fingerprint density at radius 2 is 2.09 bits per heavy atom. The molecule has 0 radical (unpaired) electrons. The van der Waals surface area contributed by atoms with Crippen molar-refractivity contribution in [1.29, 1.82) is 0 Å². The van der Waals surface area contributed by atoms with Crippen LogP contribution in [0.4, 0.5) is 4.39 Å². The molecule has 1 aliphatic carbocycles. The molecule has 0 aromatic heterocycles. The number of piperazine rings is 1. The zero-order valence-electron chi connectivity index (χ0n) is 18.8. The summed E-state index contributed by atoms with van der Waals surface area (Å²) in [5.41, 5.74) is 9.05. The molecule has 3 N–H and O–H groups in total. The van der Waals surface area contributed by atoms with Gasteiger partial charge in [0.1, 0.15) is 18.3 Å². The number of nitrogens with zero attached hydrogens (tertiary/aromatic N) is 3. The van der Waals surface area contributed by atoms with E-state index < -0.39 is 5.82 Å². The Labute approximate surface area is 211 Å². The van der Waals surface area contributed by atoms with Crippen LogP contribution in [0.5, 0.6) is 0 Å². The van der Waals surface area contributed by atoms with Gasteiger partial charge in [0.05, 0.1) is 10.9 Å². The van der Waals surface area contributed by atoms with Crippen molar-refractivity contribution in [1.82, 2.24) is 15.1 Å². The number of carbonyl (C=O) groups is 1. The van der Waals surface area contributed by atoms with Crippen LogP contribution >= 0.6 is 36.4 Å². The second kappa shape index (κ2) is 11.6. The van der Waals surface area contributed by atoms with Gasteiger partial charge in [-0.25, -0.2) is 9.38 Å². The number of aliphatic imine (C=N–C) groups is 1. The average Bonchev–Trinajstić information content (AvgIpc) is 3.15. The highest BCUT2D eigenvalue weighted by Crippen LogP contribution is 2.30. The molecule has 1 fully saturated rings. The van der Waals surface area contributed by atoms with Gasteiger partial charge in [-0.1, -0.05) is 30.7 Å². The van der Waals surface area contributed by atoms with E-state index in [1.807, 2.05) is 4.90 Å².